The van der Waals surface area contributed by atoms with E-state index in [4.69, 9.17) is 21.3 Å². The number of benzene rings is 2. The molecule has 4 rings (SSSR count). The number of ether oxygens (including phenoxy) is 1. The molecule has 1 saturated heterocycles. The van der Waals surface area contributed by atoms with E-state index in [1.54, 1.807) is 7.11 Å². The first kappa shape index (κ1) is 19.4. The van der Waals surface area contributed by atoms with Crippen LogP contribution in [0.5, 0.6) is 0 Å². The van der Waals surface area contributed by atoms with E-state index in [9.17, 15) is 0 Å². The predicted octanol–water partition coefficient (Wildman–Crippen LogP) is 4.47. The lowest BCUT2D eigenvalue weighted by Crippen LogP contribution is -2.48. The van der Waals surface area contributed by atoms with Crippen LogP contribution in [0.1, 0.15) is 29.5 Å². The highest BCUT2D eigenvalue weighted by Gasteiger charge is 2.41. The van der Waals surface area contributed by atoms with Crippen LogP contribution < -0.4 is 10.6 Å². The molecule has 0 radical (unpaired) electrons. The molecule has 1 fully saturated rings. The quantitative estimate of drug-likeness (QED) is 0.782. The first-order valence-corrected chi connectivity index (χ1v) is 10.4. The van der Waals surface area contributed by atoms with Gasteiger partial charge in [0, 0.05) is 23.2 Å². The SMILES string of the molecule is COCCc1ccc2c(c1)NC(=NCc1cccc(Cl)c1)C1(CCNCC1)C2. The number of aliphatic imine (C=N–C) groups is 1. The molecule has 28 heavy (non-hydrogen) atoms. The van der Waals surface area contributed by atoms with Crippen molar-refractivity contribution in [1.29, 1.82) is 0 Å². The number of hydrogen-bond donors (Lipinski definition) is 2. The van der Waals surface area contributed by atoms with E-state index in [-0.39, 0.29) is 5.41 Å². The number of piperidine rings is 1. The lowest BCUT2D eigenvalue weighted by molar-refractivity contribution is 0.202. The van der Waals surface area contributed by atoms with E-state index in [1.807, 2.05) is 18.2 Å². The molecule has 0 aromatic heterocycles. The molecule has 0 unspecified atom stereocenters. The first-order valence-electron chi connectivity index (χ1n) is 10.1. The Morgan fingerprint density at radius 1 is 1.11 bits per heavy atom. The van der Waals surface area contributed by atoms with Crippen LogP contribution in [-0.2, 0) is 24.1 Å². The molecule has 0 atom stereocenters. The highest BCUT2D eigenvalue weighted by Crippen LogP contribution is 2.41. The minimum absolute atomic E-state index is 0.102. The Balaban J connectivity index is 1.63. The van der Waals surface area contributed by atoms with Gasteiger partial charge in [-0.05, 0) is 73.7 Å². The normalized spacial score (nSPS) is 19.4. The minimum Gasteiger partial charge on any atom is -0.384 e. The summed E-state index contributed by atoms with van der Waals surface area (Å²) >= 11 is 6.15. The highest BCUT2D eigenvalue weighted by atomic mass is 35.5. The number of nitrogens with one attached hydrogen (secondary N) is 2. The zero-order valence-corrected chi connectivity index (χ0v) is 17.2. The molecule has 1 spiro atoms. The number of rotatable bonds is 5. The maximum Gasteiger partial charge on any atom is 0.108 e. The Morgan fingerprint density at radius 2 is 1.96 bits per heavy atom. The van der Waals surface area contributed by atoms with Crippen molar-refractivity contribution < 1.29 is 4.74 Å². The second kappa shape index (κ2) is 8.64. The fourth-order valence-electron chi connectivity index (χ4n) is 4.31. The topological polar surface area (TPSA) is 45.6 Å². The lowest BCUT2D eigenvalue weighted by Gasteiger charge is -2.43. The highest BCUT2D eigenvalue weighted by molar-refractivity contribution is 6.30. The van der Waals surface area contributed by atoms with Crippen LogP contribution >= 0.6 is 11.6 Å². The van der Waals surface area contributed by atoms with Gasteiger partial charge in [0.1, 0.15) is 5.84 Å². The lowest BCUT2D eigenvalue weighted by atomic mass is 9.70. The number of methoxy groups -OCH3 is 1. The van der Waals surface area contributed by atoms with Crippen LogP contribution in [0, 0.1) is 5.41 Å². The molecule has 2 aromatic carbocycles. The third-order valence-corrected chi connectivity index (χ3v) is 6.16. The van der Waals surface area contributed by atoms with Gasteiger partial charge in [-0.2, -0.15) is 0 Å². The van der Waals surface area contributed by atoms with Gasteiger partial charge in [0.25, 0.3) is 0 Å². The van der Waals surface area contributed by atoms with E-state index in [0.29, 0.717) is 6.54 Å². The van der Waals surface area contributed by atoms with Crippen molar-refractivity contribution in [3.63, 3.8) is 0 Å². The van der Waals surface area contributed by atoms with Gasteiger partial charge in [-0.3, -0.25) is 4.99 Å². The van der Waals surface area contributed by atoms with Gasteiger partial charge >= 0.3 is 0 Å². The molecule has 0 saturated carbocycles. The molecule has 5 heteroatoms. The monoisotopic (exact) mass is 397 g/mol. The fourth-order valence-corrected chi connectivity index (χ4v) is 4.52. The average molecular weight is 398 g/mol. The van der Waals surface area contributed by atoms with E-state index in [1.165, 1.54) is 16.8 Å². The van der Waals surface area contributed by atoms with Crippen LogP contribution in [0.2, 0.25) is 5.02 Å². The van der Waals surface area contributed by atoms with Crippen LogP contribution in [0.25, 0.3) is 0 Å². The molecule has 0 bridgehead atoms. The summed E-state index contributed by atoms with van der Waals surface area (Å²) in [5, 5.41) is 7.97. The zero-order chi connectivity index (χ0) is 19.4. The van der Waals surface area contributed by atoms with Gasteiger partial charge in [0.15, 0.2) is 0 Å². The summed E-state index contributed by atoms with van der Waals surface area (Å²) in [4.78, 5) is 5.06. The molecule has 4 nitrogen and oxygen atoms in total. The van der Waals surface area contributed by atoms with Crippen molar-refractivity contribution >= 4 is 23.1 Å². The third kappa shape index (κ3) is 4.24. The van der Waals surface area contributed by atoms with Crippen molar-refractivity contribution in [3.8, 4) is 0 Å². The fraction of sp³-hybridized carbons (Fsp3) is 0.435. The molecule has 2 aliphatic heterocycles. The van der Waals surface area contributed by atoms with E-state index < -0.39 is 0 Å². The Hall–Kier alpha value is -1.88. The van der Waals surface area contributed by atoms with Crippen molar-refractivity contribution in [2.24, 2.45) is 10.4 Å². The minimum atomic E-state index is 0.102. The molecular weight excluding hydrogens is 370 g/mol. The van der Waals surface area contributed by atoms with Crippen LogP contribution in [0.3, 0.4) is 0 Å². The number of amidine groups is 1. The second-order valence-corrected chi connectivity index (χ2v) is 8.30. The first-order chi connectivity index (χ1) is 13.7. The van der Waals surface area contributed by atoms with Crippen LogP contribution in [0.4, 0.5) is 5.69 Å². The Kier molecular flexibility index (Phi) is 6.00. The molecule has 2 aliphatic rings. The Morgan fingerprint density at radius 3 is 2.75 bits per heavy atom. The third-order valence-electron chi connectivity index (χ3n) is 5.92. The van der Waals surface area contributed by atoms with Gasteiger partial charge in [-0.15, -0.1) is 0 Å². The maximum atomic E-state index is 6.15. The number of anilines is 1. The van der Waals surface area contributed by atoms with Crippen molar-refractivity contribution in [2.45, 2.75) is 32.2 Å². The summed E-state index contributed by atoms with van der Waals surface area (Å²) < 4.78 is 5.24. The Labute approximate surface area is 172 Å². The molecular formula is C23H28ClN3O. The summed E-state index contributed by atoms with van der Waals surface area (Å²) in [7, 11) is 1.75. The van der Waals surface area contributed by atoms with E-state index in [0.717, 1.165) is 61.8 Å². The molecule has 0 aliphatic carbocycles. The molecule has 2 heterocycles. The number of nitrogens with zero attached hydrogens (tertiary/aromatic N) is 1. The van der Waals surface area contributed by atoms with Gasteiger partial charge in [0.2, 0.25) is 0 Å². The van der Waals surface area contributed by atoms with Crippen LogP contribution in [-0.4, -0.2) is 32.6 Å². The Bertz CT molecular complexity index is 859. The van der Waals surface area contributed by atoms with Crippen molar-refractivity contribution in [1.82, 2.24) is 5.32 Å². The van der Waals surface area contributed by atoms with E-state index >= 15 is 0 Å². The standard InChI is InChI=1S/C23H28ClN3O/c1-28-12-7-17-5-6-19-15-23(8-10-25-11-9-23)22(27-21(19)14-17)26-16-18-3-2-4-20(24)13-18/h2-6,13-14,25H,7-12,15-16H2,1H3,(H,26,27). The second-order valence-electron chi connectivity index (χ2n) is 7.86. The predicted molar refractivity (Wildman–Crippen MR) is 116 cm³/mol. The number of fused-ring (bicyclic) bond motifs is 1. The number of halogens is 1. The van der Waals surface area contributed by atoms with Crippen molar-refractivity contribution in [3.05, 3.63) is 64.2 Å². The molecule has 2 aromatic rings. The smallest absolute Gasteiger partial charge is 0.108 e. The van der Waals surface area contributed by atoms with Gasteiger partial charge < -0.3 is 15.4 Å². The summed E-state index contributed by atoms with van der Waals surface area (Å²) in [5.41, 5.74) is 5.13. The van der Waals surface area contributed by atoms with Crippen molar-refractivity contribution in [2.75, 3.05) is 32.1 Å². The zero-order valence-electron chi connectivity index (χ0n) is 16.4. The molecule has 0 amide bonds. The van der Waals surface area contributed by atoms with E-state index in [2.05, 4.69) is 34.9 Å². The van der Waals surface area contributed by atoms with Gasteiger partial charge in [-0.25, -0.2) is 0 Å². The average Bonchev–Trinajstić information content (AvgIpc) is 2.71. The summed E-state index contributed by atoms with van der Waals surface area (Å²) in [5.74, 6) is 1.13. The largest absolute Gasteiger partial charge is 0.384 e. The summed E-state index contributed by atoms with van der Waals surface area (Å²) in [6, 6.07) is 14.8. The van der Waals surface area contributed by atoms with Gasteiger partial charge in [-0.1, -0.05) is 35.9 Å². The maximum absolute atomic E-state index is 6.15. The summed E-state index contributed by atoms with van der Waals surface area (Å²) in [6.07, 6.45) is 4.20. The molecule has 2 N–H and O–H groups in total. The van der Waals surface area contributed by atoms with Crippen LogP contribution in [0.15, 0.2) is 47.5 Å². The number of hydrogen-bond acceptors (Lipinski definition) is 3. The summed E-state index contributed by atoms with van der Waals surface area (Å²) in [6.45, 7) is 3.47. The van der Waals surface area contributed by atoms with Gasteiger partial charge in [0.05, 0.1) is 13.2 Å². The molecule has 148 valence electrons.